The van der Waals surface area contributed by atoms with Crippen LogP contribution in [0.3, 0.4) is 0 Å². The van der Waals surface area contributed by atoms with Crippen LogP contribution in [-0.4, -0.2) is 18.8 Å². The smallest absolute Gasteiger partial charge is 0.126 e. The number of nitrogens with one attached hydrogen (secondary N) is 1. The summed E-state index contributed by atoms with van der Waals surface area (Å²) in [7, 11) is 0. The zero-order valence-corrected chi connectivity index (χ0v) is 9.88. The lowest BCUT2D eigenvalue weighted by Gasteiger charge is -2.20. The SMILES string of the molecule is CC(NCc1cc(F)cc(F)c1)C1CCCO1. The van der Waals surface area contributed by atoms with Crippen LogP contribution in [0.25, 0.3) is 0 Å². The zero-order valence-electron chi connectivity index (χ0n) is 9.88. The van der Waals surface area contributed by atoms with Crippen molar-refractivity contribution in [2.75, 3.05) is 6.61 Å². The van der Waals surface area contributed by atoms with E-state index in [-0.39, 0.29) is 12.1 Å². The summed E-state index contributed by atoms with van der Waals surface area (Å²) in [4.78, 5) is 0. The first-order valence-electron chi connectivity index (χ1n) is 5.95. The second-order valence-electron chi connectivity index (χ2n) is 4.50. The Morgan fingerprint density at radius 3 is 2.65 bits per heavy atom. The molecule has 0 saturated carbocycles. The molecule has 2 unspecified atom stereocenters. The fourth-order valence-corrected chi connectivity index (χ4v) is 2.12. The molecular weight excluding hydrogens is 224 g/mol. The van der Waals surface area contributed by atoms with E-state index in [0.717, 1.165) is 25.5 Å². The van der Waals surface area contributed by atoms with Crippen molar-refractivity contribution in [1.82, 2.24) is 5.32 Å². The number of halogens is 2. The van der Waals surface area contributed by atoms with E-state index < -0.39 is 11.6 Å². The zero-order chi connectivity index (χ0) is 12.3. The fraction of sp³-hybridized carbons (Fsp3) is 0.538. The number of benzene rings is 1. The Kier molecular flexibility index (Phi) is 4.07. The van der Waals surface area contributed by atoms with Gasteiger partial charge >= 0.3 is 0 Å². The third-order valence-corrected chi connectivity index (χ3v) is 3.07. The molecular formula is C13H17F2NO. The lowest BCUT2D eigenvalue weighted by molar-refractivity contribution is 0.0832. The van der Waals surface area contributed by atoms with Gasteiger partial charge in [-0.2, -0.15) is 0 Å². The van der Waals surface area contributed by atoms with Gasteiger partial charge in [0.05, 0.1) is 6.10 Å². The van der Waals surface area contributed by atoms with Crippen LogP contribution in [0.2, 0.25) is 0 Å². The average Bonchev–Trinajstić information content (AvgIpc) is 2.78. The third kappa shape index (κ3) is 3.48. The first-order valence-corrected chi connectivity index (χ1v) is 5.95. The van der Waals surface area contributed by atoms with Crippen molar-refractivity contribution in [2.45, 2.75) is 38.5 Å². The Hall–Kier alpha value is -1.00. The molecule has 1 aromatic rings. The van der Waals surface area contributed by atoms with Crippen LogP contribution in [-0.2, 0) is 11.3 Å². The molecule has 17 heavy (non-hydrogen) atoms. The molecule has 1 saturated heterocycles. The average molecular weight is 241 g/mol. The summed E-state index contributed by atoms with van der Waals surface area (Å²) in [5.74, 6) is -1.07. The van der Waals surface area contributed by atoms with Crippen molar-refractivity contribution in [3.8, 4) is 0 Å². The summed E-state index contributed by atoms with van der Waals surface area (Å²) in [6, 6.07) is 3.77. The van der Waals surface area contributed by atoms with Gasteiger partial charge in [0, 0.05) is 25.3 Å². The van der Waals surface area contributed by atoms with Gasteiger partial charge in [-0.05, 0) is 37.5 Å². The van der Waals surface area contributed by atoms with Crippen molar-refractivity contribution < 1.29 is 13.5 Å². The third-order valence-electron chi connectivity index (χ3n) is 3.07. The second-order valence-corrected chi connectivity index (χ2v) is 4.50. The minimum Gasteiger partial charge on any atom is -0.377 e. The molecule has 0 spiro atoms. The van der Waals surface area contributed by atoms with Gasteiger partial charge in [0.1, 0.15) is 11.6 Å². The van der Waals surface area contributed by atoms with Gasteiger partial charge in [-0.15, -0.1) is 0 Å². The molecule has 2 nitrogen and oxygen atoms in total. The Labute approximate surface area is 100.0 Å². The Morgan fingerprint density at radius 2 is 2.06 bits per heavy atom. The minimum atomic E-state index is -0.536. The largest absolute Gasteiger partial charge is 0.377 e. The lowest BCUT2D eigenvalue weighted by atomic mass is 10.1. The Morgan fingerprint density at radius 1 is 1.35 bits per heavy atom. The standard InChI is InChI=1S/C13H17F2NO/c1-9(13-3-2-4-17-13)16-8-10-5-11(14)7-12(15)6-10/h5-7,9,13,16H,2-4,8H2,1H3. The van der Waals surface area contributed by atoms with E-state index in [1.165, 1.54) is 12.1 Å². The molecule has 2 atom stereocenters. The van der Waals surface area contributed by atoms with E-state index in [1.54, 1.807) is 0 Å². The molecule has 0 aromatic heterocycles. The fourth-order valence-electron chi connectivity index (χ4n) is 2.12. The van der Waals surface area contributed by atoms with E-state index in [9.17, 15) is 8.78 Å². The van der Waals surface area contributed by atoms with Crippen LogP contribution in [0, 0.1) is 11.6 Å². The van der Waals surface area contributed by atoms with Crippen LogP contribution < -0.4 is 5.32 Å². The topological polar surface area (TPSA) is 21.3 Å². The Balaban J connectivity index is 1.88. The molecule has 1 N–H and O–H groups in total. The molecule has 0 bridgehead atoms. The van der Waals surface area contributed by atoms with Crippen LogP contribution in [0.1, 0.15) is 25.3 Å². The molecule has 0 amide bonds. The van der Waals surface area contributed by atoms with E-state index in [0.29, 0.717) is 12.1 Å². The molecule has 1 aliphatic rings. The van der Waals surface area contributed by atoms with Crippen molar-refractivity contribution in [1.29, 1.82) is 0 Å². The van der Waals surface area contributed by atoms with Gasteiger partial charge < -0.3 is 10.1 Å². The quantitative estimate of drug-likeness (QED) is 0.875. The first kappa shape index (κ1) is 12.5. The van der Waals surface area contributed by atoms with Gasteiger partial charge in [-0.3, -0.25) is 0 Å². The van der Waals surface area contributed by atoms with E-state index in [2.05, 4.69) is 5.32 Å². The summed E-state index contributed by atoms with van der Waals surface area (Å²) >= 11 is 0. The van der Waals surface area contributed by atoms with Gasteiger partial charge in [0.25, 0.3) is 0 Å². The summed E-state index contributed by atoms with van der Waals surface area (Å²) in [5.41, 5.74) is 0.618. The Bertz CT molecular complexity index is 357. The highest BCUT2D eigenvalue weighted by Crippen LogP contribution is 2.16. The lowest BCUT2D eigenvalue weighted by Crippen LogP contribution is -2.36. The van der Waals surface area contributed by atoms with E-state index in [4.69, 9.17) is 4.74 Å². The summed E-state index contributed by atoms with van der Waals surface area (Å²) in [6.07, 6.45) is 2.35. The molecule has 1 fully saturated rings. The van der Waals surface area contributed by atoms with Crippen molar-refractivity contribution >= 4 is 0 Å². The normalized spacial score (nSPS) is 21.7. The molecule has 1 aliphatic heterocycles. The molecule has 1 aromatic carbocycles. The van der Waals surface area contributed by atoms with Crippen LogP contribution >= 0.6 is 0 Å². The van der Waals surface area contributed by atoms with Crippen LogP contribution in [0.15, 0.2) is 18.2 Å². The number of rotatable bonds is 4. The molecule has 0 aliphatic carbocycles. The predicted molar refractivity (Wildman–Crippen MR) is 61.6 cm³/mol. The van der Waals surface area contributed by atoms with Gasteiger partial charge in [-0.1, -0.05) is 0 Å². The number of ether oxygens (including phenoxy) is 1. The first-order chi connectivity index (χ1) is 8.15. The molecule has 0 radical (unpaired) electrons. The maximum atomic E-state index is 13.0. The number of hydrogen-bond donors (Lipinski definition) is 1. The summed E-state index contributed by atoms with van der Waals surface area (Å²) < 4.78 is 31.5. The van der Waals surface area contributed by atoms with Crippen molar-refractivity contribution in [3.63, 3.8) is 0 Å². The van der Waals surface area contributed by atoms with Crippen molar-refractivity contribution in [3.05, 3.63) is 35.4 Å². The van der Waals surface area contributed by atoms with Gasteiger partial charge in [0.15, 0.2) is 0 Å². The van der Waals surface area contributed by atoms with Crippen LogP contribution in [0.4, 0.5) is 8.78 Å². The highest BCUT2D eigenvalue weighted by molar-refractivity contribution is 5.17. The predicted octanol–water partition coefficient (Wildman–Crippen LogP) is 2.62. The van der Waals surface area contributed by atoms with Crippen LogP contribution in [0.5, 0.6) is 0 Å². The van der Waals surface area contributed by atoms with Crippen molar-refractivity contribution in [2.24, 2.45) is 0 Å². The summed E-state index contributed by atoms with van der Waals surface area (Å²) in [5, 5.41) is 3.24. The molecule has 1 heterocycles. The highest BCUT2D eigenvalue weighted by Gasteiger charge is 2.21. The second kappa shape index (κ2) is 5.56. The van der Waals surface area contributed by atoms with Gasteiger partial charge in [0.2, 0.25) is 0 Å². The monoisotopic (exact) mass is 241 g/mol. The van der Waals surface area contributed by atoms with E-state index in [1.807, 2.05) is 6.92 Å². The van der Waals surface area contributed by atoms with E-state index >= 15 is 0 Å². The molecule has 4 heteroatoms. The maximum absolute atomic E-state index is 13.0. The maximum Gasteiger partial charge on any atom is 0.126 e. The van der Waals surface area contributed by atoms with Gasteiger partial charge in [-0.25, -0.2) is 8.78 Å². The minimum absolute atomic E-state index is 0.198. The molecule has 2 rings (SSSR count). The highest BCUT2D eigenvalue weighted by atomic mass is 19.1. The number of hydrogen-bond acceptors (Lipinski definition) is 2. The molecule has 94 valence electrons. The summed E-state index contributed by atoms with van der Waals surface area (Å²) in [6.45, 7) is 3.30.